The first kappa shape index (κ1) is 19.6. The monoisotopic (exact) mass is 415 g/mol. The molecule has 1 N–H and O–H groups in total. The molecule has 0 saturated heterocycles. The third kappa shape index (κ3) is 3.44. The molecule has 1 aliphatic carbocycles. The minimum Gasteiger partial charge on any atom is -0.478 e. The molecule has 2 aromatic carbocycles. The molecule has 1 unspecified atom stereocenters. The molecule has 0 amide bonds. The summed E-state index contributed by atoms with van der Waals surface area (Å²) in [4.78, 5) is 17.3. The Labute approximate surface area is 181 Å². The van der Waals surface area contributed by atoms with E-state index < -0.39 is 5.97 Å². The second-order valence-corrected chi connectivity index (χ2v) is 9.39. The largest absolute Gasteiger partial charge is 0.478 e. The van der Waals surface area contributed by atoms with Crippen molar-refractivity contribution in [1.29, 1.82) is 0 Å². The van der Waals surface area contributed by atoms with E-state index in [1.54, 1.807) is 0 Å². The number of carbonyl (C=O) groups is 1. The molecule has 31 heavy (non-hydrogen) atoms. The van der Waals surface area contributed by atoms with Crippen LogP contribution < -0.4 is 9.47 Å². The van der Waals surface area contributed by atoms with Gasteiger partial charge in [-0.2, -0.15) is 0 Å². The molecule has 0 bridgehead atoms. The minimum atomic E-state index is -0.896. The van der Waals surface area contributed by atoms with Gasteiger partial charge in [-0.05, 0) is 65.1 Å². The molecule has 0 saturated carbocycles. The van der Waals surface area contributed by atoms with Crippen LogP contribution in [0.25, 0.3) is 22.6 Å². The lowest BCUT2D eigenvalue weighted by Crippen LogP contribution is -2.28. The molecule has 2 heterocycles. The lowest BCUT2D eigenvalue weighted by atomic mass is 9.69. The molecular formula is C26H25NO4. The Morgan fingerprint density at radius 2 is 1.87 bits per heavy atom. The number of nitrogens with zero attached hydrogens (tertiary/aromatic N) is 1. The number of aromatic nitrogens is 1. The van der Waals surface area contributed by atoms with Crippen LogP contribution in [0.5, 0.6) is 11.5 Å². The molecule has 5 heteroatoms. The van der Waals surface area contributed by atoms with Crippen LogP contribution in [0.2, 0.25) is 0 Å². The first-order chi connectivity index (χ1) is 14.8. The van der Waals surface area contributed by atoms with Crippen molar-refractivity contribution in [2.45, 2.75) is 33.6 Å². The van der Waals surface area contributed by atoms with Crippen molar-refractivity contribution in [1.82, 2.24) is 4.98 Å². The van der Waals surface area contributed by atoms with Gasteiger partial charge in [-0.25, -0.2) is 9.78 Å². The fraction of sp³-hybridized carbons (Fsp3) is 0.308. The van der Waals surface area contributed by atoms with E-state index >= 15 is 0 Å². The number of ether oxygens (including phenoxy) is 2. The Hall–Kier alpha value is -3.34. The summed E-state index contributed by atoms with van der Waals surface area (Å²) in [7, 11) is 0. The molecule has 1 atom stereocenters. The average molecular weight is 415 g/mol. The molecule has 3 aromatic rings. The van der Waals surface area contributed by atoms with Gasteiger partial charge >= 0.3 is 5.97 Å². The van der Waals surface area contributed by atoms with Crippen LogP contribution >= 0.6 is 0 Å². The van der Waals surface area contributed by atoms with Gasteiger partial charge in [0.2, 0.25) is 6.79 Å². The number of hydrogen-bond donors (Lipinski definition) is 1. The fourth-order valence-electron chi connectivity index (χ4n) is 4.58. The zero-order valence-electron chi connectivity index (χ0n) is 17.9. The predicted octanol–water partition coefficient (Wildman–Crippen LogP) is 5.81. The highest BCUT2D eigenvalue weighted by molar-refractivity contribution is 6.06. The Balaban J connectivity index is 1.74. The van der Waals surface area contributed by atoms with E-state index in [0.29, 0.717) is 28.8 Å². The molecule has 5 nitrogen and oxygen atoms in total. The van der Waals surface area contributed by atoms with Gasteiger partial charge < -0.3 is 14.6 Å². The number of para-hydroxylation sites is 1. The van der Waals surface area contributed by atoms with Crippen molar-refractivity contribution < 1.29 is 19.4 Å². The summed E-state index contributed by atoms with van der Waals surface area (Å²) in [5.74, 6) is 0.889. The Morgan fingerprint density at radius 1 is 1.10 bits per heavy atom. The molecule has 1 aliphatic heterocycles. The first-order valence-corrected chi connectivity index (χ1v) is 10.6. The van der Waals surface area contributed by atoms with Crippen LogP contribution in [-0.4, -0.2) is 22.9 Å². The van der Waals surface area contributed by atoms with E-state index in [0.717, 1.165) is 40.3 Å². The van der Waals surface area contributed by atoms with E-state index in [4.69, 9.17) is 14.5 Å². The van der Waals surface area contributed by atoms with Crippen molar-refractivity contribution >= 4 is 28.5 Å². The van der Waals surface area contributed by atoms with Crippen LogP contribution in [0.15, 0.2) is 42.5 Å². The van der Waals surface area contributed by atoms with Crippen molar-refractivity contribution in [2.24, 2.45) is 11.3 Å². The van der Waals surface area contributed by atoms with Crippen LogP contribution in [-0.2, 0) is 6.42 Å². The number of allylic oxidation sites excluding steroid dienone is 1. The third-order valence-corrected chi connectivity index (χ3v) is 6.39. The van der Waals surface area contributed by atoms with Crippen molar-refractivity contribution in [3.8, 4) is 11.5 Å². The SMILES string of the molecule is CC(C)(C)C1C/C(=C/c2ccc3c(c2)OCO3)c2nc3ccccc3c(C(=O)O)c2C1. The highest BCUT2D eigenvalue weighted by Crippen LogP contribution is 2.45. The van der Waals surface area contributed by atoms with Crippen LogP contribution in [0.1, 0.15) is 54.4 Å². The van der Waals surface area contributed by atoms with E-state index in [1.165, 1.54) is 0 Å². The van der Waals surface area contributed by atoms with Gasteiger partial charge in [0.15, 0.2) is 11.5 Å². The van der Waals surface area contributed by atoms with Gasteiger partial charge in [0.05, 0.1) is 16.8 Å². The number of hydrogen-bond acceptors (Lipinski definition) is 4. The van der Waals surface area contributed by atoms with Gasteiger partial charge in [0.25, 0.3) is 0 Å². The van der Waals surface area contributed by atoms with Gasteiger partial charge in [0, 0.05) is 5.39 Å². The number of aromatic carboxylic acids is 1. The Morgan fingerprint density at radius 3 is 2.65 bits per heavy atom. The standard InChI is InChI=1S/C26H25NO4/c1-26(2,3)17-12-16(10-15-8-9-21-22(11-15)31-14-30-21)24-19(13-17)23(25(28)29)18-6-4-5-7-20(18)27-24/h4-11,17H,12-14H2,1-3H3,(H,28,29)/b16-10-. The zero-order chi connectivity index (χ0) is 21.8. The van der Waals surface area contributed by atoms with E-state index in [9.17, 15) is 9.90 Å². The average Bonchev–Trinajstić information content (AvgIpc) is 3.19. The van der Waals surface area contributed by atoms with Gasteiger partial charge in [-0.15, -0.1) is 0 Å². The van der Waals surface area contributed by atoms with Crippen LogP contribution in [0.4, 0.5) is 0 Å². The minimum absolute atomic E-state index is 0.0348. The highest BCUT2D eigenvalue weighted by Gasteiger charge is 2.35. The normalized spacial score (nSPS) is 18.9. The molecule has 5 rings (SSSR count). The lowest BCUT2D eigenvalue weighted by Gasteiger charge is -2.36. The highest BCUT2D eigenvalue weighted by atomic mass is 16.7. The smallest absolute Gasteiger partial charge is 0.336 e. The predicted molar refractivity (Wildman–Crippen MR) is 120 cm³/mol. The number of pyridine rings is 1. The van der Waals surface area contributed by atoms with Gasteiger partial charge in [0.1, 0.15) is 0 Å². The molecule has 0 fully saturated rings. The number of benzene rings is 2. The summed E-state index contributed by atoms with van der Waals surface area (Å²) in [6, 6.07) is 13.4. The lowest BCUT2D eigenvalue weighted by molar-refractivity contribution is 0.0696. The van der Waals surface area contributed by atoms with E-state index in [1.807, 2.05) is 42.5 Å². The van der Waals surface area contributed by atoms with E-state index in [2.05, 4.69) is 26.8 Å². The van der Waals surface area contributed by atoms with Crippen molar-refractivity contribution in [2.75, 3.05) is 6.79 Å². The second kappa shape index (κ2) is 7.12. The van der Waals surface area contributed by atoms with Gasteiger partial charge in [-0.1, -0.05) is 45.0 Å². The molecular weight excluding hydrogens is 390 g/mol. The number of carboxylic acid groups (broad SMARTS) is 1. The molecule has 158 valence electrons. The maximum atomic E-state index is 12.4. The summed E-state index contributed by atoms with van der Waals surface area (Å²) < 4.78 is 11.0. The summed E-state index contributed by atoms with van der Waals surface area (Å²) in [6.45, 7) is 6.89. The topological polar surface area (TPSA) is 68.7 Å². The Bertz CT molecular complexity index is 1240. The van der Waals surface area contributed by atoms with Crippen LogP contribution in [0.3, 0.4) is 0 Å². The van der Waals surface area contributed by atoms with E-state index in [-0.39, 0.29) is 12.2 Å². The fourth-order valence-corrected chi connectivity index (χ4v) is 4.58. The summed E-state index contributed by atoms with van der Waals surface area (Å²) in [5, 5.41) is 10.8. The molecule has 2 aliphatic rings. The molecule has 0 radical (unpaired) electrons. The second-order valence-electron chi connectivity index (χ2n) is 9.39. The summed E-state index contributed by atoms with van der Waals surface area (Å²) in [5.41, 5.74) is 4.82. The van der Waals surface area contributed by atoms with Crippen molar-refractivity contribution in [3.63, 3.8) is 0 Å². The summed E-state index contributed by atoms with van der Waals surface area (Å²) >= 11 is 0. The Kier molecular flexibility index (Phi) is 4.50. The van der Waals surface area contributed by atoms with Crippen molar-refractivity contribution in [3.05, 3.63) is 64.8 Å². The third-order valence-electron chi connectivity index (χ3n) is 6.39. The number of carboxylic acids is 1. The van der Waals surface area contributed by atoms with Gasteiger partial charge in [-0.3, -0.25) is 0 Å². The zero-order valence-corrected chi connectivity index (χ0v) is 17.9. The maximum absolute atomic E-state index is 12.4. The number of fused-ring (bicyclic) bond motifs is 3. The first-order valence-electron chi connectivity index (χ1n) is 10.6. The molecule has 1 aromatic heterocycles. The molecule has 0 spiro atoms. The van der Waals surface area contributed by atoms with Crippen LogP contribution in [0, 0.1) is 11.3 Å². The number of rotatable bonds is 2. The summed E-state index contributed by atoms with van der Waals surface area (Å²) in [6.07, 6.45) is 3.66. The maximum Gasteiger partial charge on any atom is 0.336 e. The quantitative estimate of drug-likeness (QED) is 0.572.